The van der Waals surface area contributed by atoms with Gasteiger partial charge in [0.1, 0.15) is 0 Å². The number of hydrogen-bond acceptors (Lipinski definition) is 2. The van der Waals surface area contributed by atoms with Gasteiger partial charge in [-0.25, -0.2) is 0 Å². The molecule has 0 saturated carbocycles. The third-order valence-corrected chi connectivity index (χ3v) is 1.51. The van der Waals surface area contributed by atoms with Gasteiger partial charge < -0.3 is 9.84 Å². The average Bonchev–Trinajstić information content (AvgIpc) is 1.85. The molecule has 0 aromatic heterocycles. The van der Waals surface area contributed by atoms with Gasteiger partial charge in [0.25, 0.3) is 0 Å². The van der Waals surface area contributed by atoms with Crippen molar-refractivity contribution < 1.29 is 9.84 Å². The molecule has 1 atom stereocenters. The molecule has 0 spiro atoms. The highest BCUT2D eigenvalue weighted by atomic mass is 16.5. The first-order chi connectivity index (χ1) is 4.95. The zero-order chi connectivity index (χ0) is 8.91. The van der Waals surface area contributed by atoms with E-state index in [1.165, 1.54) is 0 Å². The number of rotatable bonds is 4. The molecule has 2 heteroatoms. The summed E-state index contributed by atoms with van der Waals surface area (Å²) in [6, 6.07) is 0. The molecule has 0 rings (SSSR count). The summed E-state index contributed by atoms with van der Waals surface area (Å²) in [5.74, 6) is 0. The van der Waals surface area contributed by atoms with E-state index in [1.807, 2.05) is 6.92 Å². The van der Waals surface area contributed by atoms with Crippen molar-refractivity contribution in [2.45, 2.75) is 40.2 Å². The lowest BCUT2D eigenvalue weighted by Gasteiger charge is -2.19. The van der Waals surface area contributed by atoms with Crippen molar-refractivity contribution >= 4 is 0 Å². The van der Waals surface area contributed by atoms with E-state index in [2.05, 4.69) is 20.8 Å². The summed E-state index contributed by atoms with van der Waals surface area (Å²) in [6.45, 7) is 9.28. The SMILES string of the molecule is CC(CO)OCCC(C)(C)C. The first-order valence-electron chi connectivity index (χ1n) is 4.18. The summed E-state index contributed by atoms with van der Waals surface area (Å²) >= 11 is 0. The van der Waals surface area contributed by atoms with Crippen molar-refractivity contribution in [2.24, 2.45) is 5.41 Å². The molecule has 1 unspecified atom stereocenters. The smallest absolute Gasteiger partial charge is 0.0777 e. The number of aliphatic hydroxyl groups excluding tert-OH is 1. The first-order valence-corrected chi connectivity index (χ1v) is 4.18. The average molecular weight is 160 g/mol. The third kappa shape index (κ3) is 7.82. The van der Waals surface area contributed by atoms with Crippen molar-refractivity contribution in [3.8, 4) is 0 Å². The highest BCUT2D eigenvalue weighted by Crippen LogP contribution is 2.18. The van der Waals surface area contributed by atoms with Gasteiger partial charge in [0.2, 0.25) is 0 Å². The number of hydrogen-bond donors (Lipinski definition) is 1. The van der Waals surface area contributed by atoms with Crippen molar-refractivity contribution in [1.29, 1.82) is 0 Å². The molecule has 0 fully saturated rings. The lowest BCUT2D eigenvalue weighted by molar-refractivity contribution is 0.0137. The molecule has 0 aromatic rings. The molecule has 0 aliphatic carbocycles. The monoisotopic (exact) mass is 160 g/mol. The lowest BCUT2D eigenvalue weighted by atomic mass is 9.93. The van der Waals surface area contributed by atoms with Crippen LogP contribution >= 0.6 is 0 Å². The maximum absolute atomic E-state index is 8.64. The van der Waals surface area contributed by atoms with E-state index < -0.39 is 0 Å². The van der Waals surface area contributed by atoms with Gasteiger partial charge in [0, 0.05) is 6.61 Å². The van der Waals surface area contributed by atoms with Crippen LogP contribution < -0.4 is 0 Å². The van der Waals surface area contributed by atoms with Gasteiger partial charge in [0.05, 0.1) is 12.7 Å². The standard InChI is InChI=1S/C9H20O2/c1-8(7-10)11-6-5-9(2,3)4/h8,10H,5-7H2,1-4H3. The minimum Gasteiger partial charge on any atom is -0.394 e. The zero-order valence-corrected chi connectivity index (χ0v) is 8.05. The Hall–Kier alpha value is -0.0800. The summed E-state index contributed by atoms with van der Waals surface area (Å²) in [4.78, 5) is 0. The second kappa shape index (κ2) is 4.73. The maximum Gasteiger partial charge on any atom is 0.0777 e. The Morgan fingerprint density at radius 2 is 1.91 bits per heavy atom. The maximum atomic E-state index is 8.64. The van der Waals surface area contributed by atoms with E-state index >= 15 is 0 Å². The highest BCUT2D eigenvalue weighted by Gasteiger charge is 2.10. The van der Waals surface area contributed by atoms with Gasteiger partial charge >= 0.3 is 0 Å². The summed E-state index contributed by atoms with van der Waals surface area (Å²) in [7, 11) is 0. The van der Waals surface area contributed by atoms with Crippen LogP contribution in [-0.2, 0) is 4.74 Å². The van der Waals surface area contributed by atoms with Crippen LogP contribution in [-0.4, -0.2) is 24.4 Å². The van der Waals surface area contributed by atoms with Crippen molar-refractivity contribution in [2.75, 3.05) is 13.2 Å². The lowest BCUT2D eigenvalue weighted by Crippen LogP contribution is -2.17. The van der Waals surface area contributed by atoms with E-state index in [9.17, 15) is 0 Å². The predicted octanol–water partition coefficient (Wildman–Crippen LogP) is 1.82. The van der Waals surface area contributed by atoms with Gasteiger partial charge in [-0.2, -0.15) is 0 Å². The molecule has 0 bridgehead atoms. The van der Waals surface area contributed by atoms with Crippen LogP contribution in [0.15, 0.2) is 0 Å². The predicted molar refractivity (Wildman–Crippen MR) is 46.6 cm³/mol. The Kier molecular flexibility index (Phi) is 4.69. The van der Waals surface area contributed by atoms with E-state index in [-0.39, 0.29) is 12.7 Å². The second-order valence-corrected chi connectivity index (χ2v) is 4.17. The first kappa shape index (κ1) is 10.9. The van der Waals surface area contributed by atoms with Crippen molar-refractivity contribution in [3.63, 3.8) is 0 Å². The molecule has 68 valence electrons. The van der Waals surface area contributed by atoms with Crippen LogP contribution in [0.1, 0.15) is 34.1 Å². The van der Waals surface area contributed by atoms with E-state index in [4.69, 9.17) is 9.84 Å². The molecule has 2 nitrogen and oxygen atoms in total. The topological polar surface area (TPSA) is 29.5 Å². The van der Waals surface area contributed by atoms with Gasteiger partial charge in [-0.15, -0.1) is 0 Å². The van der Waals surface area contributed by atoms with Crippen LogP contribution in [0.3, 0.4) is 0 Å². The molecule has 0 saturated heterocycles. The Labute approximate surface area is 69.6 Å². The van der Waals surface area contributed by atoms with Crippen molar-refractivity contribution in [3.05, 3.63) is 0 Å². The van der Waals surface area contributed by atoms with Gasteiger partial charge in [-0.1, -0.05) is 20.8 Å². The molecule has 0 aromatic carbocycles. The minimum absolute atomic E-state index is 0.0163. The molecule has 0 aliphatic rings. The van der Waals surface area contributed by atoms with Crippen LogP contribution in [0.4, 0.5) is 0 Å². The van der Waals surface area contributed by atoms with Gasteiger partial charge in [0.15, 0.2) is 0 Å². The summed E-state index contributed by atoms with van der Waals surface area (Å²) in [6.07, 6.45) is 1.02. The van der Waals surface area contributed by atoms with Crippen LogP contribution in [0, 0.1) is 5.41 Å². The number of aliphatic hydroxyl groups is 1. The summed E-state index contributed by atoms with van der Waals surface area (Å²) in [5, 5.41) is 8.64. The Balaban J connectivity index is 3.28. The number of ether oxygens (including phenoxy) is 1. The molecule has 0 amide bonds. The Bertz CT molecular complexity index is 94.2. The van der Waals surface area contributed by atoms with Gasteiger partial charge in [-0.05, 0) is 18.8 Å². The molecule has 0 aliphatic heterocycles. The fourth-order valence-corrected chi connectivity index (χ4v) is 0.619. The Morgan fingerprint density at radius 3 is 2.27 bits per heavy atom. The van der Waals surface area contributed by atoms with Crippen LogP contribution in [0.25, 0.3) is 0 Å². The van der Waals surface area contributed by atoms with Gasteiger partial charge in [-0.3, -0.25) is 0 Å². The van der Waals surface area contributed by atoms with Crippen LogP contribution in [0.5, 0.6) is 0 Å². The molecular formula is C9H20O2. The fraction of sp³-hybridized carbons (Fsp3) is 1.00. The van der Waals surface area contributed by atoms with Crippen LogP contribution in [0.2, 0.25) is 0 Å². The summed E-state index contributed by atoms with van der Waals surface area (Å²) < 4.78 is 5.32. The normalized spacial score (nSPS) is 15.0. The fourth-order valence-electron chi connectivity index (χ4n) is 0.619. The molecular weight excluding hydrogens is 140 g/mol. The zero-order valence-electron chi connectivity index (χ0n) is 8.05. The largest absolute Gasteiger partial charge is 0.394 e. The van der Waals surface area contributed by atoms with Crippen molar-refractivity contribution in [1.82, 2.24) is 0 Å². The molecule has 1 N–H and O–H groups in total. The van der Waals surface area contributed by atoms with E-state index in [0.29, 0.717) is 5.41 Å². The quantitative estimate of drug-likeness (QED) is 0.679. The minimum atomic E-state index is -0.0163. The van der Waals surface area contributed by atoms with E-state index in [1.54, 1.807) is 0 Å². The Morgan fingerprint density at radius 1 is 1.36 bits per heavy atom. The molecule has 0 heterocycles. The second-order valence-electron chi connectivity index (χ2n) is 4.17. The van der Waals surface area contributed by atoms with E-state index in [0.717, 1.165) is 13.0 Å². The highest BCUT2D eigenvalue weighted by molar-refractivity contribution is 4.60. The molecule has 0 radical (unpaired) electrons. The molecule has 11 heavy (non-hydrogen) atoms. The summed E-state index contributed by atoms with van der Waals surface area (Å²) in [5.41, 5.74) is 0.329. The third-order valence-electron chi connectivity index (χ3n) is 1.51.